The predicted octanol–water partition coefficient (Wildman–Crippen LogP) is 1.53. The summed E-state index contributed by atoms with van der Waals surface area (Å²) in [5.74, 6) is -0.258. The van der Waals surface area contributed by atoms with Gasteiger partial charge in [-0.15, -0.1) is 11.3 Å². The normalized spacial score (nSPS) is 21.6. The molecule has 1 aliphatic heterocycles. The van der Waals surface area contributed by atoms with Crippen LogP contribution in [-0.4, -0.2) is 36.5 Å². The Morgan fingerprint density at radius 3 is 3.00 bits per heavy atom. The summed E-state index contributed by atoms with van der Waals surface area (Å²) in [7, 11) is 0. The number of hydrogen-bond acceptors (Lipinski definition) is 4. The van der Waals surface area contributed by atoms with Crippen LogP contribution in [0.1, 0.15) is 4.88 Å². The summed E-state index contributed by atoms with van der Waals surface area (Å²) in [5.41, 5.74) is 5.41. The molecule has 2 rings (SSSR count). The number of nitrogens with one attached hydrogen (secondary N) is 1. The second-order valence-corrected chi connectivity index (χ2v) is 7.24. The summed E-state index contributed by atoms with van der Waals surface area (Å²) in [5, 5.41) is 3.19. The smallest absolute Gasteiger partial charge is 0.236 e. The van der Waals surface area contributed by atoms with Crippen molar-refractivity contribution < 1.29 is 4.79 Å². The van der Waals surface area contributed by atoms with Crippen molar-refractivity contribution in [3.63, 3.8) is 0 Å². The van der Waals surface area contributed by atoms with Crippen LogP contribution in [0.15, 0.2) is 14.3 Å². The second-order valence-electron chi connectivity index (χ2n) is 3.93. The minimum Gasteiger partial charge on any atom is -0.368 e. The number of piperazine rings is 1. The number of primary amides is 1. The number of thiophene rings is 1. The van der Waals surface area contributed by atoms with Crippen LogP contribution in [0.2, 0.25) is 0 Å². The number of nitrogens with two attached hydrogens (primary N) is 1. The molecule has 1 atom stereocenters. The Hall–Kier alpha value is 0.0500. The molecule has 7 heteroatoms. The quantitative estimate of drug-likeness (QED) is 0.833. The summed E-state index contributed by atoms with van der Waals surface area (Å²) >= 11 is 8.62. The molecule has 1 saturated heterocycles. The Morgan fingerprint density at radius 2 is 2.41 bits per heavy atom. The largest absolute Gasteiger partial charge is 0.368 e. The first-order valence-electron chi connectivity index (χ1n) is 5.25. The van der Waals surface area contributed by atoms with Gasteiger partial charge in [-0.3, -0.25) is 9.69 Å². The molecule has 1 aromatic heterocycles. The first kappa shape index (κ1) is 13.5. The van der Waals surface area contributed by atoms with Crippen molar-refractivity contribution in [3.05, 3.63) is 19.2 Å². The fourth-order valence-corrected chi connectivity index (χ4v) is 4.09. The molecular weight excluding hydrogens is 370 g/mol. The number of carbonyl (C=O) groups is 1. The monoisotopic (exact) mass is 381 g/mol. The Labute approximate surface area is 121 Å². The van der Waals surface area contributed by atoms with Gasteiger partial charge in [0, 0.05) is 35.5 Å². The van der Waals surface area contributed by atoms with Crippen LogP contribution in [0, 0.1) is 0 Å². The van der Waals surface area contributed by atoms with Crippen LogP contribution in [-0.2, 0) is 11.3 Å². The average molecular weight is 383 g/mol. The molecule has 0 aliphatic carbocycles. The zero-order chi connectivity index (χ0) is 12.4. The highest BCUT2D eigenvalue weighted by molar-refractivity contribution is 9.13. The third-order valence-corrected chi connectivity index (χ3v) is 5.98. The lowest BCUT2D eigenvalue weighted by Gasteiger charge is -2.33. The highest BCUT2D eigenvalue weighted by Gasteiger charge is 2.27. The van der Waals surface area contributed by atoms with E-state index in [4.69, 9.17) is 5.73 Å². The van der Waals surface area contributed by atoms with Crippen molar-refractivity contribution in [1.82, 2.24) is 10.2 Å². The molecule has 0 aromatic carbocycles. The van der Waals surface area contributed by atoms with Gasteiger partial charge in [0.2, 0.25) is 5.91 Å². The van der Waals surface area contributed by atoms with E-state index >= 15 is 0 Å². The first-order valence-corrected chi connectivity index (χ1v) is 7.66. The number of amides is 1. The van der Waals surface area contributed by atoms with Crippen LogP contribution < -0.4 is 11.1 Å². The third kappa shape index (κ3) is 3.29. The molecule has 1 unspecified atom stereocenters. The van der Waals surface area contributed by atoms with Crippen LogP contribution in [0.3, 0.4) is 0 Å². The second kappa shape index (κ2) is 5.79. The molecular formula is C10H13Br2N3OS. The van der Waals surface area contributed by atoms with E-state index in [-0.39, 0.29) is 11.9 Å². The van der Waals surface area contributed by atoms with Crippen molar-refractivity contribution in [1.29, 1.82) is 0 Å². The van der Waals surface area contributed by atoms with Gasteiger partial charge in [-0.1, -0.05) is 0 Å². The Bertz CT molecular complexity index is 404. The summed E-state index contributed by atoms with van der Waals surface area (Å²) in [6, 6.07) is 1.87. The molecule has 1 amide bonds. The summed E-state index contributed by atoms with van der Waals surface area (Å²) in [6.07, 6.45) is 0. The van der Waals surface area contributed by atoms with Gasteiger partial charge >= 0.3 is 0 Å². The Balaban J connectivity index is 2.07. The Morgan fingerprint density at radius 1 is 1.65 bits per heavy atom. The Kier molecular flexibility index (Phi) is 4.59. The van der Waals surface area contributed by atoms with E-state index in [1.54, 1.807) is 11.3 Å². The molecule has 94 valence electrons. The lowest BCUT2D eigenvalue weighted by molar-refractivity contribution is -0.124. The fourth-order valence-electron chi connectivity index (χ4n) is 1.89. The maximum atomic E-state index is 11.4. The van der Waals surface area contributed by atoms with Crippen molar-refractivity contribution in [2.75, 3.05) is 19.6 Å². The van der Waals surface area contributed by atoms with E-state index in [0.717, 1.165) is 27.9 Å². The third-order valence-electron chi connectivity index (χ3n) is 2.74. The fraction of sp³-hybridized carbons (Fsp3) is 0.500. The maximum Gasteiger partial charge on any atom is 0.236 e. The molecule has 3 N–H and O–H groups in total. The predicted molar refractivity (Wildman–Crippen MR) is 76.0 cm³/mol. The first-order chi connectivity index (χ1) is 8.08. The summed E-state index contributed by atoms with van der Waals surface area (Å²) in [6.45, 7) is 3.16. The minimum atomic E-state index is -0.258. The van der Waals surface area contributed by atoms with Crippen LogP contribution in [0.5, 0.6) is 0 Å². The van der Waals surface area contributed by atoms with E-state index in [0.29, 0.717) is 6.54 Å². The molecule has 17 heavy (non-hydrogen) atoms. The van der Waals surface area contributed by atoms with Gasteiger partial charge in [0.1, 0.15) is 6.04 Å². The van der Waals surface area contributed by atoms with Crippen molar-refractivity contribution >= 4 is 49.1 Å². The highest BCUT2D eigenvalue weighted by atomic mass is 79.9. The lowest BCUT2D eigenvalue weighted by atomic mass is 10.2. The van der Waals surface area contributed by atoms with Gasteiger partial charge in [-0.05, 0) is 37.9 Å². The van der Waals surface area contributed by atoms with E-state index in [9.17, 15) is 4.79 Å². The van der Waals surface area contributed by atoms with Gasteiger partial charge in [0.05, 0.1) is 3.79 Å². The molecule has 1 aliphatic rings. The van der Waals surface area contributed by atoms with Crippen LogP contribution in [0.4, 0.5) is 0 Å². The molecule has 2 heterocycles. The number of carbonyl (C=O) groups excluding carboxylic acids is 1. The maximum absolute atomic E-state index is 11.4. The van der Waals surface area contributed by atoms with E-state index in [1.807, 2.05) is 0 Å². The lowest BCUT2D eigenvalue weighted by Crippen LogP contribution is -2.56. The van der Waals surface area contributed by atoms with Crippen molar-refractivity contribution in [2.24, 2.45) is 5.73 Å². The zero-order valence-corrected chi connectivity index (χ0v) is 13.1. The molecule has 0 bridgehead atoms. The van der Waals surface area contributed by atoms with E-state index in [1.165, 1.54) is 4.88 Å². The van der Waals surface area contributed by atoms with Crippen molar-refractivity contribution in [2.45, 2.75) is 12.6 Å². The topological polar surface area (TPSA) is 58.4 Å². The van der Waals surface area contributed by atoms with Gasteiger partial charge in [0.15, 0.2) is 0 Å². The number of hydrogen-bond donors (Lipinski definition) is 2. The van der Waals surface area contributed by atoms with E-state index < -0.39 is 0 Å². The molecule has 1 aromatic rings. The molecule has 1 fully saturated rings. The average Bonchev–Trinajstić information content (AvgIpc) is 2.58. The van der Waals surface area contributed by atoms with Gasteiger partial charge in [0.25, 0.3) is 0 Å². The molecule has 4 nitrogen and oxygen atoms in total. The van der Waals surface area contributed by atoms with Gasteiger partial charge < -0.3 is 11.1 Å². The van der Waals surface area contributed by atoms with Crippen LogP contribution >= 0.6 is 43.2 Å². The SMILES string of the molecule is NC(=O)C1CNCCN1Cc1cc(Br)c(Br)s1. The van der Waals surface area contributed by atoms with Gasteiger partial charge in [-0.25, -0.2) is 0 Å². The van der Waals surface area contributed by atoms with Crippen LogP contribution in [0.25, 0.3) is 0 Å². The minimum absolute atomic E-state index is 0.205. The number of rotatable bonds is 3. The van der Waals surface area contributed by atoms with E-state index in [2.05, 4.69) is 48.1 Å². The molecule has 0 spiro atoms. The molecule has 0 saturated carbocycles. The highest BCUT2D eigenvalue weighted by Crippen LogP contribution is 2.33. The van der Waals surface area contributed by atoms with Gasteiger partial charge in [-0.2, -0.15) is 0 Å². The standard InChI is InChI=1S/C10H13Br2N3OS/c11-7-3-6(17-9(7)12)5-15-2-1-14-4-8(15)10(13)16/h3,8,14H,1-2,4-5H2,(H2,13,16). The number of nitrogens with zero attached hydrogens (tertiary/aromatic N) is 1. The number of halogens is 2. The van der Waals surface area contributed by atoms with Crippen molar-refractivity contribution in [3.8, 4) is 0 Å². The zero-order valence-electron chi connectivity index (χ0n) is 9.08. The summed E-state index contributed by atoms with van der Waals surface area (Å²) in [4.78, 5) is 14.7. The summed E-state index contributed by atoms with van der Waals surface area (Å²) < 4.78 is 2.14. The molecule has 0 radical (unpaired) electrons.